The summed E-state index contributed by atoms with van der Waals surface area (Å²) >= 11 is 0. The lowest BCUT2D eigenvalue weighted by Gasteiger charge is -2.14. The number of nitrogens with zero attached hydrogens (tertiary/aromatic N) is 6. The highest BCUT2D eigenvalue weighted by molar-refractivity contribution is 5.61. The van der Waals surface area contributed by atoms with Crippen molar-refractivity contribution in [3.63, 3.8) is 0 Å². The molecule has 3 aromatic heterocycles. The highest BCUT2D eigenvalue weighted by Crippen LogP contribution is 2.31. The van der Waals surface area contributed by atoms with Gasteiger partial charge >= 0.3 is 0 Å². The number of rotatable bonds is 9. The summed E-state index contributed by atoms with van der Waals surface area (Å²) in [6, 6.07) is 14.4. The Balaban J connectivity index is 1.12. The third-order valence-electron chi connectivity index (χ3n) is 6.64. The fourth-order valence-electron chi connectivity index (χ4n) is 4.59. The molecule has 7 nitrogen and oxygen atoms in total. The van der Waals surface area contributed by atoms with Crippen molar-refractivity contribution in [2.75, 3.05) is 26.2 Å². The monoisotopic (exact) mass is 442 g/mol. The van der Waals surface area contributed by atoms with E-state index >= 15 is 0 Å². The number of benzene rings is 1. The first-order valence-corrected chi connectivity index (χ1v) is 12.1. The lowest BCUT2D eigenvalue weighted by atomic mass is 10.1. The lowest BCUT2D eigenvalue weighted by Crippen LogP contribution is -2.25. The van der Waals surface area contributed by atoms with Crippen LogP contribution in [0.25, 0.3) is 16.9 Å². The summed E-state index contributed by atoms with van der Waals surface area (Å²) in [5.41, 5.74) is 4.14. The zero-order chi connectivity index (χ0) is 22.0. The predicted octanol–water partition coefficient (Wildman–Crippen LogP) is 4.07. The molecule has 33 heavy (non-hydrogen) atoms. The van der Waals surface area contributed by atoms with Gasteiger partial charge in [0.1, 0.15) is 12.4 Å². The zero-order valence-corrected chi connectivity index (χ0v) is 18.9. The minimum atomic E-state index is 0.691. The van der Waals surface area contributed by atoms with Crippen molar-refractivity contribution in [3.8, 4) is 17.0 Å². The molecule has 1 aliphatic carbocycles. The Morgan fingerprint density at radius 1 is 1.00 bits per heavy atom. The van der Waals surface area contributed by atoms with E-state index in [4.69, 9.17) is 14.8 Å². The molecule has 0 unspecified atom stereocenters. The number of pyridine rings is 1. The fourth-order valence-corrected chi connectivity index (χ4v) is 4.59. The highest BCUT2D eigenvalue weighted by Gasteiger charge is 2.22. The van der Waals surface area contributed by atoms with Crippen molar-refractivity contribution in [2.24, 2.45) is 5.92 Å². The summed E-state index contributed by atoms with van der Waals surface area (Å²) in [4.78, 5) is 7.23. The Hall–Kier alpha value is -3.19. The van der Waals surface area contributed by atoms with Crippen LogP contribution >= 0.6 is 0 Å². The fraction of sp³-hybridized carbons (Fsp3) is 0.423. The minimum Gasteiger partial charge on any atom is -0.492 e. The van der Waals surface area contributed by atoms with E-state index in [9.17, 15) is 0 Å². The Kier molecular flexibility index (Phi) is 5.56. The van der Waals surface area contributed by atoms with Gasteiger partial charge < -0.3 is 4.74 Å². The lowest BCUT2D eigenvalue weighted by molar-refractivity contribution is 0.238. The molecule has 1 aliphatic heterocycles. The van der Waals surface area contributed by atoms with Crippen molar-refractivity contribution in [1.29, 1.82) is 0 Å². The van der Waals surface area contributed by atoms with Gasteiger partial charge in [0.25, 0.3) is 0 Å². The van der Waals surface area contributed by atoms with Crippen LogP contribution < -0.4 is 4.74 Å². The molecule has 7 heteroatoms. The van der Waals surface area contributed by atoms with E-state index in [2.05, 4.69) is 51.2 Å². The van der Waals surface area contributed by atoms with Crippen LogP contribution in [0, 0.1) is 5.92 Å². The van der Waals surface area contributed by atoms with Crippen LogP contribution in [0.4, 0.5) is 0 Å². The molecule has 4 heterocycles. The van der Waals surface area contributed by atoms with E-state index in [0.717, 1.165) is 54.1 Å². The van der Waals surface area contributed by atoms with Crippen LogP contribution in [0.2, 0.25) is 0 Å². The van der Waals surface area contributed by atoms with E-state index in [1.165, 1.54) is 44.3 Å². The maximum absolute atomic E-state index is 5.93. The molecule has 170 valence electrons. The van der Waals surface area contributed by atoms with Gasteiger partial charge in [0.05, 0.1) is 11.9 Å². The third-order valence-corrected chi connectivity index (χ3v) is 6.64. The first kappa shape index (κ1) is 20.4. The number of hydrogen-bond donors (Lipinski definition) is 0. The molecule has 1 saturated carbocycles. The molecule has 0 radical (unpaired) electrons. The van der Waals surface area contributed by atoms with E-state index in [1.807, 2.05) is 22.8 Å². The number of ether oxygens (including phenoxy) is 1. The van der Waals surface area contributed by atoms with Gasteiger partial charge in [-0.15, -0.1) is 0 Å². The van der Waals surface area contributed by atoms with Crippen LogP contribution in [-0.2, 0) is 13.0 Å². The maximum atomic E-state index is 5.93. The summed E-state index contributed by atoms with van der Waals surface area (Å²) in [6.07, 6.45) is 10.0. The molecular weight excluding hydrogens is 412 g/mol. The Labute approximate surface area is 194 Å². The van der Waals surface area contributed by atoms with Gasteiger partial charge in [-0.1, -0.05) is 18.2 Å². The van der Waals surface area contributed by atoms with Gasteiger partial charge in [0, 0.05) is 31.3 Å². The molecule has 2 aliphatic rings. The van der Waals surface area contributed by atoms with E-state index in [-0.39, 0.29) is 0 Å². The van der Waals surface area contributed by atoms with E-state index in [1.54, 1.807) is 0 Å². The molecule has 1 aromatic carbocycles. The molecule has 0 bridgehead atoms. The van der Waals surface area contributed by atoms with E-state index in [0.29, 0.717) is 6.42 Å². The Morgan fingerprint density at radius 3 is 2.67 bits per heavy atom. The number of aromatic nitrogens is 5. The van der Waals surface area contributed by atoms with Crippen LogP contribution in [0.15, 0.2) is 54.9 Å². The number of fused-ring (bicyclic) bond motifs is 1. The SMILES string of the molecule is c1cc(-c2cnn(CC3CC3)c2)n2nc(Cc3ccc(OCCN4CCCC4)cc3)nc2c1. The molecule has 6 rings (SSSR count). The van der Waals surface area contributed by atoms with Crippen LogP contribution in [-0.4, -0.2) is 55.5 Å². The van der Waals surface area contributed by atoms with Crippen molar-refractivity contribution < 1.29 is 4.74 Å². The molecular formula is C26H30N6O. The second kappa shape index (κ2) is 8.98. The summed E-state index contributed by atoms with van der Waals surface area (Å²) < 4.78 is 9.92. The summed E-state index contributed by atoms with van der Waals surface area (Å²) in [6.45, 7) is 5.18. The molecule has 4 aromatic rings. The normalized spacial score (nSPS) is 16.6. The van der Waals surface area contributed by atoms with Crippen molar-refractivity contribution >= 4 is 5.65 Å². The van der Waals surface area contributed by atoms with Crippen molar-refractivity contribution in [2.45, 2.75) is 38.6 Å². The summed E-state index contributed by atoms with van der Waals surface area (Å²) in [7, 11) is 0. The van der Waals surface area contributed by atoms with Crippen molar-refractivity contribution in [1.82, 2.24) is 29.3 Å². The Bertz CT molecular complexity index is 1220. The van der Waals surface area contributed by atoms with Gasteiger partial charge in [0.15, 0.2) is 11.5 Å². The van der Waals surface area contributed by atoms with Gasteiger partial charge in [-0.25, -0.2) is 9.50 Å². The first-order valence-electron chi connectivity index (χ1n) is 12.1. The Morgan fingerprint density at radius 2 is 1.85 bits per heavy atom. The van der Waals surface area contributed by atoms with Crippen LogP contribution in [0.5, 0.6) is 5.75 Å². The predicted molar refractivity (Wildman–Crippen MR) is 127 cm³/mol. The highest BCUT2D eigenvalue weighted by atomic mass is 16.5. The average Bonchev–Trinajstić information content (AvgIpc) is 3.21. The molecule has 2 fully saturated rings. The van der Waals surface area contributed by atoms with E-state index < -0.39 is 0 Å². The molecule has 0 atom stereocenters. The van der Waals surface area contributed by atoms with Crippen LogP contribution in [0.1, 0.15) is 37.1 Å². The first-order chi connectivity index (χ1) is 16.3. The quantitative estimate of drug-likeness (QED) is 0.391. The topological polar surface area (TPSA) is 60.5 Å². The second-order valence-corrected chi connectivity index (χ2v) is 9.32. The molecule has 0 spiro atoms. The molecule has 0 N–H and O–H groups in total. The van der Waals surface area contributed by atoms with Crippen LogP contribution in [0.3, 0.4) is 0 Å². The maximum Gasteiger partial charge on any atom is 0.156 e. The average molecular weight is 443 g/mol. The number of hydrogen-bond acceptors (Lipinski definition) is 5. The van der Waals surface area contributed by atoms with Gasteiger partial charge in [-0.05, 0) is 74.5 Å². The second-order valence-electron chi connectivity index (χ2n) is 9.32. The summed E-state index contributed by atoms with van der Waals surface area (Å²) in [5.74, 6) is 2.54. The van der Waals surface area contributed by atoms with Gasteiger partial charge in [0.2, 0.25) is 0 Å². The standard InChI is InChI=1S/C26H30N6O/c1-2-13-30(12-1)14-15-33-23-10-8-20(9-11-23)16-25-28-26-5-3-4-24(32(26)29-25)22-17-27-31(19-22)18-21-6-7-21/h3-5,8-11,17,19,21H,1-2,6-7,12-16,18H2. The largest absolute Gasteiger partial charge is 0.492 e. The number of likely N-dealkylation sites (tertiary alicyclic amines) is 1. The zero-order valence-electron chi connectivity index (χ0n) is 18.9. The smallest absolute Gasteiger partial charge is 0.156 e. The minimum absolute atomic E-state index is 0.691. The van der Waals surface area contributed by atoms with Gasteiger partial charge in [-0.2, -0.15) is 10.2 Å². The third kappa shape index (κ3) is 4.78. The molecule has 1 saturated heterocycles. The van der Waals surface area contributed by atoms with Gasteiger partial charge in [-0.3, -0.25) is 9.58 Å². The summed E-state index contributed by atoms with van der Waals surface area (Å²) in [5, 5.41) is 9.36. The van der Waals surface area contributed by atoms with Crippen molar-refractivity contribution in [3.05, 3.63) is 66.2 Å². The molecule has 0 amide bonds.